The number of nitrogens with zero attached hydrogens (tertiary/aromatic N) is 1. The van der Waals surface area contributed by atoms with Gasteiger partial charge in [0.15, 0.2) is 0 Å². The van der Waals surface area contributed by atoms with Gasteiger partial charge in [0, 0.05) is 22.8 Å². The molecule has 0 spiro atoms. The molecule has 94 valence electrons. The number of aliphatic hydroxyl groups is 1. The highest BCUT2D eigenvalue weighted by Gasteiger charge is 2.34. The molecule has 1 unspecified atom stereocenters. The Morgan fingerprint density at radius 2 is 2.12 bits per heavy atom. The lowest BCUT2D eigenvalue weighted by molar-refractivity contribution is 0.107. The Bertz CT molecular complexity index is 417. The van der Waals surface area contributed by atoms with Crippen LogP contribution in [0.4, 0.5) is 5.69 Å². The van der Waals surface area contributed by atoms with Crippen molar-refractivity contribution in [1.82, 2.24) is 0 Å². The lowest BCUT2D eigenvalue weighted by Crippen LogP contribution is -2.51. The summed E-state index contributed by atoms with van der Waals surface area (Å²) in [7, 11) is 0. The van der Waals surface area contributed by atoms with Crippen molar-refractivity contribution in [1.29, 1.82) is 0 Å². The Labute approximate surface area is 108 Å². The van der Waals surface area contributed by atoms with Crippen LogP contribution in [0.3, 0.4) is 0 Å². The van der Waals surface area contributed by atoms with Crippen LogP contribution in [0.15, 0.2) is 18.2 Å². The van der Waals surface area contributed by atoms with E-state index in [1.165, 1.54) is 11.3 Å². The Balaban J connectivity index is 2.33. The molecule has 1 aromatic carbocycles. The number of rotatable bonds is 1. The van der Waals surface area contributed by atoms with Crippen molar-refractivity contribution in [3.63, 3.8) is 0 Å². The average molecular weight is 254 g/mol. The molecule has 3 heteroatoms. The van der Waals surface area contributed by atoms with Gasteiger partial charge in [0.05, 0.1) is 6.10 Å². The van der Waals surface area contributed by atoms with Gasteiger partial charge in [-0.3, -0.25) is 0 Å². The predicted octanol–water partition coefficient (Wildman–Crippen LogP) is 3.39. The number of aryl methyl sites for hydroxylation is 1. The summed E-state index contributed by atoms with van der Waals surface area (Å²) >= 11 is 5.99. The Morgan fingerprint density at radius 3 is 2.71 bits per heavy atom. The number of aliphatic hydroxyl groups excluding tert-OH is 1. The van der Waals surface area contributed by atoms with Gasteiger partial charge in [0.2, 0.25) is 0 Å². The molecule has 0 bridgehead atoms. The highest BCUT2D eigenvalue weighted by atomic mass is 35.5. The minimum atomic E-state index is -0.172. The van der Waals surface area contributed by atoms with Crippen molar-refractivity contribution in [3.8, 4) is 0 Å². The molecule has 1 atom stereocenters. The highest BCUT2D eigenvalue weighted by Crippen LogP contribution is 2.35. The summed E-state index contributed by atoms with van der Waals surface area (Å²) in [6.45, 7) is 7.35. The SMILES string of the molecule is Cc1cc(Cl)ccc1N1CCC(O)CC1(C)C. The van der Waals surface area contributed by atoms with Crippen molar-refractivity contribution in [3.05, 3.63) is 28.8 Å². The second-order valence-corrected chi connectivity index (χ2v) is 5.98. The summed E-state index contributed by atoms with van der Waals surface area (Å²) in [5.41, 5.74) is 2.42. The molecule has 1 aliphatic rings. The van der Waals surface area contributed by atoms with Gasteiger partial charge in [0.1, 0.15) is 0 Å². The first kappa shape index (κ1) is 12.7. The maximum Gasteiger partial charge on any atom is 0.0579 e. The zero-order valence-corrected chi connectivity index (χ0v) is 11.5. The maximum absolute atomic E-state index is 9.78. The van der Waals surface area contributed by atoms with Gasteiger partial charge in [0.25, 0.3) is 0 Å². The third kappa shape index (κ3) is 2.58. The van der Waals surface area contributed by atoms with E-state index in [9.17, 15) is 5.11 Å². The summed E-state index contributed by atoms with van der Waals surface area (Å²) in [5, 5.41) is 10.6. The van der Waals surface area contributed by atoms with Crippen LogP contribution in [0.5, 0.6) is 0 Å². The van der Waals surface area contributed by atoms with Crippen LogP contribution in [0.1, 0.15) is 32.3 Å². The zero-order chi connectivity index (χ0) is 12.6. The van der Waals surface area contributed by atoms with E-state index in [0.29, 0.717) is 0 Å². The van der Waals surface area contributed by atoms with E-state index in [1.807, 2.05) is 12.1 Å². The molecular weight excluding hydrogens is 234 g/mol. The molecule has 1 aliphatic heterocycles. The largest absolute Gasteiger partial charge is 0.393 e. The fourth-order valence-corrected chi connectivity index (χ4v) is 2.96. The van der Waals surface area contributed by atoms with Crippen LogP contribution in [-0.2, 0) is 0 Å². The van der Waals surface area contributed by atoms with E-state index in [2.05, 4.69) is 31.7 Å². The van der Waals surface area contributed by atoms with Gasteiger partial charge in [-0.25, -0.2) is 0 Å². The van der Waals surface area contributed by atoms with E-state index >= 15 is 0 Å². The number of halogens is 1. The summed E-state index contributed by atoms with van der Waals surface area (Å²) in [4.78, 5) is 2.38. The second kappa shape index (κ2) is 4.51. The summed E-state index contributed by atoms with van der Waals surface area (Å²) in [5.74, 6) is 0. The van der Waals surface area contributed by atoms with Gasteiger partial charge in [-0.2, -0.15) is 0 Å². The van der Waals surface area contributed by atoms with E-state index in [1.54, 1.807) is 0 Å². The van der Waals surface area contributed by atoms with Crippen molar-refractivity contribution < 1.29 is 5.11 Å². The molecular formula is C14H20ClNO. The predicted molar refractivity (Wildman–Crippen MR) is 72.9 cm³/mol. The zero-order valence-electron chi connectivity index (χ0n) is 10.7. The molecule has 17 heavy (non-hydrogen) atoms. The Morgan fingerprint density at radius 1 is 1.41 bits per heavy atom. The lowest BCUT2D eigenvalue weighted by atomic mass is 9.87. The summed E-state index contributed by atoms with van der Waals surface area (Å²) < 4.78 is 0. The minimum absolute atomic E-state index is 0.00371. The molecule has 1 aromatic rings. The molecule has 1 saturated heterocycles. The number of piperidine rings is 1. The van der Waals surface area contributed by atoms with Gasteiger partial charge in [-0.15, -0.1) is 0 Å². The van der Waals surface area contributed by atoms with Crippen LogP contribution >= 0.6 is 11.6 Å². The van der Waals surface area contributed by atoms with E-state index in [-0.39, 0.29) is 11.6 Å². The number of hydrogen-bond donors (Lipinski definition) is 1. The van der Waals surface area contributed by atoms with E-state index in [4.69, 9.17) is 11.6 Å². The van der Waals surface area contributed by atoms with Gasteiger partial charge < -0.3 is 10.0 Å². The lowest BCUT2D eigenvalue weighted by Gasteiger charge is -2.46. The molecule has 0 aromatic heterocycles. The smallest absolute Gasteiger partial charge is 0.0579 e. The normalized spacial score (nSPS) is 23.8. The number of benzene rings is 1. The first-order valence-electron chi connectivity index (χ1n) is 6.12. The molecule has 2 nitrogen and oxygen atoms in total. The summed E-state index contributed by atoms with van der Waals surface area (Å²) in [6.07, 6.45) is 1.48. The highest BCUT2D eigenvalue weighted by molar-refractivity contribution is 6.30. The average Bonchev–Trinajstić information content (AvgIpc) is 2.18. The molecule has 0 amide bonds. The standard InChI is InChI=1S/C14H20ClNO/c1-10-8-11(15)4-5-13(10)16-7-6-12(17)9-14(16,2)3/h4-5,8,12,17H,6-7,9H2,1-3H3. The second-order valence-electron chi connectivity index (χ2n) is 5.54. The van der Waals surface area contributed by atoms with Gasteiger partial charge in [-0.1, -0.05) is 11.6 Å². The van der Waals surface area contributed by atoms with Crippen LogP contribution in [0.25, 0.3) is 0 Å². The third-order valence-electron chi connectivity index (χ3n) is 3.60. The van der Waals surface area contributed by atoms with Crippen molar-refractivity contribution in [2.45, 2.75) is 45.3 Å². The number of anilines is 1. The Kier molecular flexibility index (Phi) is 3.37. The van der Waals surface area contributed by atoms with E-state index < -0.39 is 0 Å². The molecule has 2 rings (SSSR count). The topological polar surface area (TPSA) is 23.5 Å². The van der Waals surface area contributed by atoms with E-state index in [0.717, 1.165) is 24.4 Å². The van der Waals surface area contributed by atoms with Crippen LogP contribution in [-0.4, -0.2) is 23.3 Å². The fourth-order valence-electron chi connectivity index (χ4n) is 2.74. The molecule has 1 N–H and O–H groups in total. The molecule has 1 heterocycles. The molecule has 0 aliphatic carbocycles. The van der Waals surface area contributed by atoms with Crippen molar-refractivity contribution in [2.24, 2.45) is 0 Å². The fraction of sp³-hybridized carbons (Fsp3) is 0.571. The summed E-state index contributed by atoms with van der Waals surface area (Å²) in [6, 6.07) is 6.01. The third-order valence-corrected chi connectivity index (χ3v) is 3.84. The van der Waals surface area contributed by atoms with Crippen molar-refractivity contribution in [2.75, 3.05) is 11.4 Å². The van der Waals surface area contributed by atoms with Gasteiger partial charge in [-0.05, 0) is 57.4 Å². The molecule has 1 fully saturated rings. The van der Waals surface area contributed by atoms with Crippen LogP contribution < -0.4 is 4.90 Å². The quantitative estimate of drug-likeness (QED) is 0.829. The van der Waals surface area contributed by atoms with Gasteiger partial charge >= 0.3 is 0 Å². The monoisotopic (exact) mass is 253 g/mol. The van der Waals surface area contributed by atoms with Crippen LogP contribution in [0.2, 0.25) is 5.02 Å². The number of hydrogen-bond acceptors (Lipinski definition) is 2. The Hall–Kier alpha value is -0.730. The van der Waals surface area contributed by atoms with Crippen LogP contribution in [0, 0.1) is 6.92 Å². The first-order valence-corrected chi connectivity index (χ1v) is 6.50. The maximum atomic E-state index is 9.78. The first-order chi connectivity index (χ1) is 7.90. The molecule has 0 radical (unpaired) electrons. The molecule has 0 saturated carbocycles. The van der Waals surface area contributed by atoms with Crippen molar-refractivity contribution >= 4 is 17.3 Å². The minimum Gasteiger partial charge on any atom is -0.393 e.